The average Bonchev–Trinajstić information content (AvgIpc) is 3.13. The van der Waals surface area contributed by atoms with Crippen LogP contribution in [-0.4, -0.2) is 37.0 Å². The highest BCUT2D eigenvalue weighted by molar-refractivity contribution is 8.07. The molecule has 0 radical (unpaired) electrons. The first-order chi connectivity index (χ1) is 10.4. The minimum atomic E-state index is -4.09. The van der Waals surface area contributed by atoms with Crippen molar-refractivity contribution >= 4 is 20.8 Å². The van der Waals surface area contributed by atoms with E-state index in [0.29, 0.717) is 0 Å². The topological polar surface area (TPSA) is 82.4 Å². The van der Waals surface area contributed by atoms with Crippen LogP contribution in [-0.2, 0) is 9.84 Å². The van der Waals surface area contributed by atoms with Crippen LogP contribution in [0.1, 0.15) is 24.4 Å². The summed E-state index contributed by atoms with van der Waals surface area (Å²) < 4.78 is 50.6. The van der Waals surface area contributed by atoms with Crippen molar-refractivity contribution in [3.05, 3.63) is 35.9 Å². The molecule has 118 valence electrons. The summed E-state index contributed by atoms with van der Waals surface area (Å²) in [5, 5.41) is 8.16. The van der Waals surface area contributed by atoms with Crippen molar-refractivity contribution in [3.63, 3.8) is 0 Å². The Balaban J connectivity index is 1.76. The lowest BCUT2D eigenvalue weighted by molar-refractivity contribution is 0.406. The Kier molecular flexibility index (Phi) is 3.72. The first-order valence-electron chi connectivity index (χ1n) is 6.90. The molecule has 1 heterocycles. The molecule has 4 atom stereocenters. The number of rotatable bonds is 2. The third-order valence-electron chi connectivity index (χ3n) is 3.81. The molecule has 2 fully saturated rings. The van der Waals surface area contributed by atoms with Crippen LogP contribution >= 0.6 is 0 Å². The number of sulfone groups is 1. The van der Waals surface area contributed by atoms with E-state index in [1.807, 2.05) is 30.3 Å². The highest BCUT2D eigenvalue weighted by Crippen LogP contribution is 2.34. The van der Waals surface area contributed by atoms with Gasteiger partial charge < -0.3 is 5.32 Å². The first-order valence-corrected chi connectivity index (χ1v) is 8.45. The molecule has 8 heteroatoms. The quantitative estimate of drug-likeness (QED) is 0.643. The highest BCUT2D eigenvalue weighted by atomic mass is 32.2. The van der Waals surface area contributed by atoms with E-state index in [9.17, 15) is 17.2 Å². The number of amidine groups is 2. The van der Waals surface area contributed by atoms with E-state index in [1.54, 1.807) is 0 Å². The third-order valence-corrected chi connectivity index (χ3v) is 5.73. The largest absolute Gasteiger partial charge is 0.364 e. The zero-order chi connectivity index (χ0) is 15.9. The molecular weight excluding hydrogens is 312 g/mol. The van der Waals surface area contributed by atoms with Crippen molar-refractivity contribution in [3.8, 4) is 0 Å². The molecule has 2 N–H and O–H groups in total. The molecule has 22 heavy (non-hydrogen) atoms. The van der Waals surface area contributed by atoms with Gasteiger partial charge >= 0.3 is 0 Å². The Labute approximate surface area is 126 Å². The van der Waals surface area contributed by atoms with Crippen molar-refractivity contribution in [1.29, 1.82) is 5.41 Å². The molecule has 1 aromatic carbocycles. The lowest BCUT2D eigenvalue weighted by Crippen LogP contribution is -2.27. The molecule has 5 nitrogen and oxygen atoms in total. The smallest absolute Gasteiger partial charge is 0.241 e. The Hall–Kier alpha value is -1.83. The summed E-state index contributed by atoms with van der Waals surface area (Å²) >= 11 is 0. The zero-order valence-corrected chi connectivity index (χ0v) is 12.4. The molecule has 0 unspecified atom stereocenters. The average molecular weight is 327 g/mol. The van der Waals surface area contributed by atoms with E-state index >= 15 is 0 Å². The van der Waals surface area contributed by atoms with E-state index < -0.39 is 32.6 Å². The summed E-state index contributed by atoms with van der Waals surface area (Å²) in [6.45, 7) is 0. The fourth-order valence-electron chi connectivity index (χ4n) is 2.43. The fourth-order valence-corrected chi connectivity index (χ4v) is 3.77. The molecule has 0 amide bonds. The third kappa shape index (κ3) is 2.75. The minimum Gasteiger partial charge on any atom is -0.364 e. The van der Waals surface area contributed by atoms with Crippen LogP contribution < -0.4 is 5.32 Å². The van der Waals surface area contributed by atoms with Gasteiger partial charge in [-0.25, -0.2) is 22.2 Å². The summed E-state index contributed by atoms with van der Waals surface area (Å²) in [5.74, 6) is -0.182. The van der Waals surface area contributed by atoms with Crippen LogP contribution in [0.4, 0.5) is 8.78 Å². The van der Waals surface area contributed by atoms with Crippen molar-refractivity contribution in [2.24, 2.45) is 4.99 Å². The molecule has 1 aromatic rings. The van der Waals surface area contributed by atoms with Crippen LogP contribution in [0.3, 0.4) is 0 Å². The molecule has 0 spiro atoms. The number of benzene rings is 1. The van der Waals surface area contributed by atoms with Gasteiger partial charge in [0.1, 0.15) is 17.3 Å². The molecule has 2 aliphatic rings. The summed E-state index contributed by atoms with van der Waals surface area (Å²) in [5.41, 5.74) is 0.857. The zero-order valence-electron chi connectivity index (χ0n) is 11.5. The molecule has 0 bridgehead atoms. The lowest BCUT2D eigenvalue weighted by atomic mass is 10.1. The maximum Gasteiger partial charge on any atom is 0.241 e. The van der Waals surface area contributed by atoms with Crippen molar-refractivity contribution in [2.45, 2.75) is 36.5 Å². The van der Waals surface area contributed by atoms with Crippen molar-refractivity contribution < 1.29 is 17.2 Å². The van der Waals surface area contributed by atoms with Gasteiger partial charge in [-0.1, -0.05) is 30.3 Å². The van der Waals surface area contributed by atoms with E-state index in [-0.39, 0.29) is 24.7 Å². The number of hydrogen-bond acceptors (Lipinski definition) is 3. The number of nitrogens with one attached hydrogen (secondary N) is 2. The van der Waals surface area contributed by atoms with E-state index in [2.05, 4.69) is 10.3 Å². The number of hydrogen-bond donors (Lipinski definition) is 2. The molecule has 0 aromatic heterocycles. The maximum atomic E-state index is 14.0. The van der Waals surface area contributed by atoms with Crippen LogP contribution in [0.25, 0.3) is 0 Å². The minimum absolute atomic E-state index is 0.116. The second-order valence-corrected chi connectivity index (χ2v) is 7.53. The predicted octanol–water partition coefficient (Wildman–Crippen LogP) is 1.92. The summed E-state index contributed by atoms with van der Waals surface area (Å²) in [6.07, 6.45) is -2.92. The van der Waals surface area contributed by atoms with Crippen LogP contribution in [0.5, 0.6) is 0 Å². The number of alkyl halides is 2. The van der Waals surface area contributed by atoms with Gasteiger partial charge in [0.2, 0.25) is 15.0 Å². The van der Waals surface area contributed by atoms with E-state index in [1.165, 1.54) is 0 Å². The number of nitrogens with zero attached hydrogens (tertiary/aromatic N) is 1. The second kappa shape index (κ2) is 5.42. The van der Waals surface area contributed by atoms with Gasteiger partial charge in [0.15, 0.2) is 6.17 Å². The lowest BCUT2D eigenvalue weighted by Gasteiger charge is -2.10. The molecule has 1 aliphatic heterocycles. The first kappa shape index (κ1) is 15.1. The highest BCUT2D eigenvalue weighted by Gasteiger charge is 2.50. The Morgan fingerprint density at radius 1 is 1.23 bits per heavy atom. The van der Waals surface area contributed by atoms with Gasteiger partial charge in [-0.15, -0.1) is 0 Å². The SMILES string of the molecule is N=C(/N=C1\N[C@H](c2ccccc2)C[C@@H]1F)S(=O)(=O)[C@H]1C[C@@H]1F. The molecule has 1 saturated carbocycles. The number of aliphatic imine (C=N–C) groups is 1. The fraction of sp³-hybridized carbons (Fsp3) is 0.429. The molecular formula is C14H15F2N3O2S. The Morgan fingerprint density at radius 3 is 2.45 bits per heavy atom. The van der Waals surface area contributed by atoms with Crippen LogP contribution in [0, 0.1) is 5.41 Å². The second-order valence-electron chi connectivity index (χ2n) is 5.45. The van der Waals surface area contributed by atoms with Crippen LogP contribution in [0.15, 0.2) is 35.3 Å². The van der Waals surface area contributed by atoms with Gasteiger partial charge in [0.25, 0.3) is 0 Å². The molecule has 3 rings (SSSR count). The normalized spacial score (nSPS) is 32.7. The number of halogens is 2. The molecule has 1 saturated heterocycles. The summed E-state index contributed by atoms with van der Waals surface area (Å²) in [7, 11) is -4.09. The summed E-state index contributed by atoms with van der Waals surface area (Å²) in [4.78, 5) is 3.56. The van der Waals surface area contributed by atoms with Gasteiger partial charge in [0.05, 0.1) is 6.04 Å². The standard InChI is InChI=1S/C14H15F2N3O2S/c15-9-7-12(9)22(20,21)14(17)19-13-10(16)6-11(18-13)8-4-2-1-3-5-8/h1-5,9-12H,6-7H2,(H2,17,18,19)/t9-,10-,11-,12-/m0/s1. The molecule has 1 aliphatic carbocycles. The van der Waals surface area contributed by atoms with E-state index in [0.717, 1.165) is 5.56 Å². The monoisotopic (exact) mass is 327 g/mol. The Morgan fingerprint density at radius 2 is 1.86 bits per heavy atom. The predicted molar refractivity (Wildman–Crippen MR) is 79.2 cm³/mol. The summed E-state index contributed by atoms with van der Waals surface area (Å²) in [6, 6.07) is 8.81. The van der Waals surface area contributed by atoms with Crippen molar-refractivity contribution in [1.82, 2.24) is 5.32 Å². The van der Waals surface area contributed by atoms with Gasteiger partial charge in [0, 0.05) is 6.42 Å². The van der Waals surface area contributed by atoms with Gasteiger partial charge in [-0.2, -0.15) is 0 Å². The Bertz CT molecular complexity index is 721. The van der Waals surface area contributed by atoms with Gasteiger partial charge in [-0.3, -0.25) is 5.41 Å². The maximum absolute atomic E-state index is 14.0. The van der Waals surface area contributed by atoms with Crippen LogP contribution in [0.2, 0.25) is 0 Å². The van der Waals surface area contributed by atoms with Crippen molar-refractivity contribution in [2.75, 3.05) is 0 Å². The van der Waals surface area contributed by atoms with E-state index in [4.69, 9.17) is 5.41 Å². The van der Waals surface area contributed by atoms with Gasteiger partial charge in [-0.05, 0) is 12.0 Å².